The van der Waals surface area contributed by atoms with Gasteiger partial charge >= 0.3 is 0 Å². The molecular formula is C15H21N3S. The summed E-state index contributed by atoms with van der Waals surface area (Å²) in [5.74, 6) is 0. The van der Waals surface area contributed by atoms with Crippen molar-refractivity contribution in [2.24, 2.45) is 0 Å². The Kier molecular flexibility index (Phi) is 5.05. The Labute approximate surface area is 119 Å². The fraction of sp³-hybridized carbons (Fsp3) is 0.467. The molecule has 0 bridgehead atoms. The Balaban J connectivity index is 1.81. The summed E-state index contributed by atoms with van der Waals surface area (Å²) in [7, 11) is 2.13. The van der Waals surface area contributed by atoms with Gasteiger partial charge in [-0.3, -0.25) is 4.98 Å². The number of rotatable bonds is 6. The van der Waals surface area contributed by atoms with Crippen molar-refractivity contribution in [2.45, 2.75) is 33.2 Å². The molecule has 2 aromatic heterocycles. The third-order valence-corrected chi connectivity index (χ3v) is 3.96. The van der Waals surface area contributed by atoms with Crippen molar-refractivity contribution in [3.8, 4) is 0 Å². The average Bonchev–Trinajstić information content (AvgIpc) is 2.83. The van der Waals surface area contributed by atoms with Crippen LogP contribution in [0.4, 0.5) is 0 Å². The lowest BCUT2D eigenvalue weighted by atomic mass is 10.2. The highest BCUT2D eigenvalue weighted by molar-refractivity contribution is 7.09. The van der Waals surface area contributed by atoms with Crippen LogP contribution >= 0.6 is 11.3 Å². The van der Waals surface area contributed by atoms with Crippen LogP contribution in [0.3, 0.4) is 0 Å². The highest BCUT2D eigenvalue weighted by Gasteiger charge is 2.04. The summed E-state index contributed by atoms with van der Waals surface area (Å²) in [5, 5.41) is 3.30. The molecule has 0 unspecified atom stereocenters. The zero-order valence-corrected chi connectivity index (χ0v) is 12.7. The fourth-order valence-corrected chi connectivity index (χ4v) is 2.59. The number of aromatic nitrogens is 2. The van der Waals surface area contributed by atoms with Crippen molar-refractivity contribution < 1.29 is 0 Å². The Morgan fingerprint density at radius 3 is 2.68 bits per heavy atom. The highest BCUT2D eigenvalue weighted by atomic mass is 32.1. The van der Waals surface area contributed by atoms with Gasteiger partial charge in [-0.25, -0.2) is 4.98 Å². The van der Waals surface area contributed by atoms with E-state index in [-0.39, 0.29) is 0 Å². The van der Waals surface area contributed by atoms with E-state index in [1.54, 1.807) is 11.3 Å². The third kappa shape index (κ3) is 4.40. The lowest BCUT2D eigenvalue weighted by Gasteiger charge is -2.15. The van der Waals surface area contributed by atoms with E-state index >= 15 is 0 Å². The molecule has 0 aromatic carbocycles. The zero-order valence-electron chi connectivity index (χ0n) is 11.9. The van der Waals surface area contributed by atoms with Crippen LogP contribution in [0.1, 0.15) is 28.9 Å². The van der Waals surface area contributed by atoms with Gasteiger partial charge < -0.3 is 4.90 Å². The summed E-state index contributed by atoms with van der Waals surface area (Å²) in [6.07, 6.45) is 4.03. The first-order valence-electron chi connectivity index (χ1n) is 6.70. The van der Waals surface area contributed by atoms with Gasteiger partial charge in [0.25, 0.3) is 0 Å². The van der Waals surface area contributed by atoms with Crippen LogP contribution < -0.4 is 0 Å². The predicted molar refractivity (Wildman–Crippen MR) is 80.5 cm³/mol. The topological polar surface area (TPSA) is 29.0 Å². The molecule has 4 heteroatoms. The molecule has 0 saturated carbocycles. The Hall–Kier alpha value is -1.26. The van der Waals surface area contributed by atoms with Gasteiger partial charge in [-0.05, 0) is 32.0 Å². The molecule has 3 nitrogen and oxygen atoms in total. The molecule has 2 heterocycles. The molecule has 0 amide bonds. The molecule has 2 rings (SSSR count). The van der Waals surface area contributed by atoms with E-state index < -0.39 is 0 Å². The summed E-state index contributed by atoms with van der Waals surface area (Å²) in [5.41, 5.74) is 3.63. The maximum absolute atomic E-state index is 4.49. The molecule has 0 aliphatic heterocycles. The zero-order chi connectivity index (χ0) is 13.7. The van der Waals surface area contributed by atoms with Gasteiger partial charge in [-0.2, -0.15) is 0 Å². The number of likely N-dealkylation sites (N-methyl/N-ethyl adjacent to an activating group) is 1. The van der Waals surface area contributed by atoms with Crippen LogP contribution in [-0.2, 0) is 19.4 Å². The number of thiazole rings is 1. The van der Waals surface area contributed by atoms with Gasteiger partial charge in [0.15, 0.2) is 0 Å². The van der Waals surface area contributed by atoms with E-state index in [4.69, 9.17) is 0 Å². The largest absolute Gasteiger partial charge is 0.300 e. The molecule has 102 valence electrons. The van der Waals surface area contributed by atoms with Gasteiger partial charge in [0.2, 0.25) is 0 Å². The Morgan fingerprint density at radius 1 is 1.26 bits per heavy atom. The predicted octanol–water partition coefficient (Wildman–Crippen LogP) is 3.08. The highest BCUT2D eigenvalue weighted by Crippen LogP contribution is 2.09. The van der Waals surface area contributed by atoms with E-state index in [9.17, 15) is 0 Å². The maximum Gasteiger partial charge on any atom is 0.0897 e. The van der Waals surface area contributed by atoms with Gasteiger partial charge in [-0.15, -0.1) is 11.3 Å². The van der Waals surface area contributed by atoms with E-state index in [2.05, 4.69) is 53.3 Å². The SMILES string of the molecule is CCc1ccc(CN(C)CCc2csc(C)n2)nc1. The smallest absolute Gasteiger partial charge is 0.0897 e. The number of hydrogen-bond donors (Lipinski definition) is 0. The van der Waals surface area contributed by atoms with E-state index in [1.807, 2.05) is 6.20 Å². The third-order valence-electron chi connectivity index (χ3n) is 3.14. The van der Waals surface area contributed by atoms with E-state index in [0.717, 1.165) is 36.6 Å². The standard InChI is InChI=1S/C15H21N3S/c1-4-13-5-6-14(16-9-13)10-18(3)8-7-15-11-19-12(2)17-15/h5-6,9,11H,4,7-8,10H2,1-3H3. The van der Waals surface area contributed by atoms with Crippen LogP contribution in [-0.4, -0.2) is 28.5 Å². The first kappa shape index (κ1) is 14.2. The maximum atomic E-state index is 4.49. The minimum atomic E-state index is 0.896. The van der Waals surface area contributed by atoms with Crippen molar-refractivity contribution >= 4 is 11.3 Å². The van der Waals surface area contributed by atoms with Crippen LogP contribution in [0.25, 0.3) is 0 Å². The Bertz CT molecular complexity index is 504. The average molecular weight is 275 g/mol. The summed E-state index contributed by atoms with van der Waals surface area (Å²) in [6, 6.07) is 4.29. The van der Waals surface area contributed by atoms with Gasteiger partial charge in [-0.1, -0.05) is 13.0 Å². The van der Waals surface area contributed by atoms with Crippen LogP contribution in [0.2, 0.25) is 0 Å². The summed E-state index contributed by atoms with van der Waals surface area (Å²) >= 11 is 1.72. The van der Waals surface area contributed by atoms with E-state index in [0.29, 0.717) is 0 Å². The first-order chi connectivity index (χ1) is 9.17. The lowest BCUT2D eigenvalue weighted by molar-refractivity contribution is 0.326. The minimum absolute atomic E-state index is 0.896. The normalized spacial score (nSPS) is 11.2. The minimum Gasteiger partial charge on any atom is -0.300 e. The molecule has 0 aliphatic carbocycles. The van der Waals surface area contributed by atoms with Gasteiger partial charge in [0.1, 0.15) is 0 Å². The van der Waals surface area contributed by atoms with Crippen LogP contribution in [0.15, 0.2) is 23.7 Å². The number of pyridine rings is 1. The van der Waals surface area contributed by atoms with Crippen molar-refractivity contribution in [1.82, 2.24) is 14.9 Å². The molecular weight excluding hydrogens is 254 g/mol. The number of aryl methyl sites for hydroxylation is 2. The molecule has 0 N–H and O–H groups in total. The van der Waals surface area contributed by atoms with Crippen molar-refractivity contribution in [3.63, 3.8) is 0 Å². The second-order valence-electron chi connectivity index (χ2n) is 4.86. The first-order valence-corrected chi connectivity index (χ1v) is 7.58. The second kappa shape index (κ2) is 6.78. The van der Waals surface area contributed by atoms with Crippen LogP contribution in [0.5, 0.6) is 0 Å². The van der Waals surface area contributed by atoms with Crippen molar-refractivity contribution in [3.05, 3.63) is 45.7 Å². The van der Waals surface area contributed by atoms with Crippen LogP contribution in [0, 0.1) is 6.92 Å². The van der Waals surface area contributed by atoms with Gasteiger partial charge in [0, 0.05) is 31.1 Å². The quantitative estimate of drug-likeness (QED) is 0.811. The molecule has 19 heavy (non-hydrogen) atoms. The number of hydrogen-bond acceptors (Lipinski definition) is 4. The lowest BCUT2D eigenvalue weighted by Crippen LogP contribution is -2.21. The molecule has 0 radical (unpaired) electrons. The van der Waals surface area contributed by atoms with Crippen molar-refractivity contribution in [1.29, 1.82) is 0 Å². The summed E-state index contributed by atoms with van der Waals surface area (Å²) in [6.45, 7) is 6.11. The monoisotopic (exact) mass is 275 g/mol. The summed E-state index contributed by atoms with van der Waals surface area (Å²) in [4.78, 5) is 11.3. The molecule has 0 aliphatic rings. The van der Waals surface area contributed by atoms with E-state index in [1.165, 1.54) is 11.3 Å². The van der Waals surface area contributed by atoms with Crippen molar-refractivity contribution in [2.75, 3.05) is 13.6 Å². The second-order valence-corrected chi connectivity index (χ2v) is 5.92. The Morgan fingerprint density at radius 2 is 2.11 bits per heavy atom. The van der Waals surface area contributed by atoms with Gasteiger partial charge in [0.05, 0.1) is 16.4 Å². The molecule has 2 aromatic rings. The molecule has 0 saturated heterocycles. The fourth-order valence-electron chi connectivity index (χ4n) is 1.94. The number of nitrogens with zero attached hydrogens (tertiary/aromatic N) is 3. The molecule has 0 atom stereocenters. The molecule has 0 fully saturated rings. The summed E-state index contributed by atoms with van der Waals surface area (Å²) < 4.78 is 0. The molecule has 0 spiro atoms.